The second kappa shape index (κ2) is 9.09. The number of ether oxygens (including phenoxy) is 1. The van der Waals surface area contributed by atoms with Gasteiger partial charge >= 0.3 is 0 Å². The van der Waals surface area contributed by atoms with E-state index >= 15 is 0 Å². The van der Waals surface area contributed by atoms with E-state index < -0.39 is 0 Å². The summed E-state index contributed by atoms with van der Waals surface area (Å²) in [5, 5.41) is 11.2. The molecule has 11 nitrogen and oxygen atoms in total. The van der Waals surface area contributed by atoms with Gasteiger partial charge in [-0.2, -0.15) is 10.1 Å². The van der Waals surface area contributed by atoms with Gasteiger partial charge in [-0.05, 0) is 30.5 Å². The van der Waals surface area contributed by atoms with Crippen molar-refractivity contribution in [2.75, 3.05) is 6.61 Å². The lowest BCUT2D eigenvalue weighted by molar-refractivity contribution is 0.0921. The van der Waals surface area contributed by atoms with Gasteiger partial charge in [0.25, 0.3) is 11.7 Å². The van der Waals surface area contributed by atoms with E-state index in [1.54, 1.807) is 17.1 Å². The SMILES string of the molecule is Cn1cc(-c2nc3nccc(-c4ccc5c(c4)OCCC[C@H]5NC(=O)c4noc(C(C)(C)C)n4)c3[nH]2)cn1. The highest BCUT2D eigenvalue weighted by molar-refractivity contribution is 5.92. The Bertz CT molecular complexity index is 1640. The van der Waals surface area contributed by atoms with E-state index in [9.17, 15) is 4.79 Å². The third-order valence-corrected chi connectivity index (χ3v) is 6.54. The van der Waals surface area contributed by atoms with E-state index in [0.717, 1.165) is 46.4 Å². The van der Waals surface area contributed by atoms with Crippen molar-refractivity contribution in [3.8, 4) is 28.3 Å². The van der Waals surface area contributed by atoms with Crippen LogP contribution in [0.3, 0.4) is 0 Å². The van der Waals surface area contributed by atoms with Crippen LogP contribution in [0.1, 0.15) is 61.7 Å². The molecule has 11 heteroatoms. The summed E-state index contributed by atoms with van der Waals surface area (Å²) < 4.78 is 13.1. The summed E-state index contributed by atoms with van der Waals surface area (Å²) in [7, 11) is 1.87. The van der Waals surface area contributed by atoms with Crippen LogP contribution >= 0.6 is 0 Å². The zero-order valence-electron chi connectivity index (χ0n) is 21.6. The molecule has 0 spiro atoms. The van der Waals surface area contributed by atoms with E-state index in [1.165, 1.54) is 0 Å². The van der Waals surface area contributed by atoms with Crippen LogP contribution in [-0.4, -0.2) is 47.4 Å². The number of carbonyl (C=O) groups is 1. The van der Waals surface area contributed by atoms with Crippen LogP contribution in [0.15, 0.2) is 47.4 Å². The fourth-order valence-corrected chi connectivity index (χ4v) is 4.56. The summed E-state index contributed by atoms with van der Waals surface area (Å²) in [6.45, 7) is 6.43. The van der Waals surface area contributed by atoms with Crippen LogP contribution in [0.25, 0.3) is 33.7 Å². The molecule has 2 N–H and O–H groups in total. The Morgan fingerprint density at radius 1 is 1.18 bits per heavy atom. The molecule has 0 fully saturated rings. The largest absolute Gasteiger partial charge is 0.493 e. The number of hydrogen-bond acceptors (Lipinski definition) is 8. The molecule has 38 heavy (non-hydrogen) atoms. The average Bonchev–Trinajstić information content (AvgIpc) is 3.62. The number of fused-ring (bicyclic) bond motifs is 2. The summed E-state index contributed by atoms with van der Waals surface area (Å²) in [6, 6.07) is 7.74. The molecule has 1 aliphatic heterocycles. The van der Waals surface area contributed by atoms with Crippen LogP contribution in [0.2, 0.25) is 0 Å². The van der Waals surface area contributed by atoms with E-state index in [1.807, 2.05) is 58.3 Å². The molecule has 4 aromatic heterocycles. The van der Waals surface area contributed by atoms with Crippen molar-refractivity contribution in [2.24, 2.45) is 7.05 Å². The van der Waals surface area contributed by atoms with Gasteiger partial charge in [0.05, 0.1) is 29.9 Å². The first-order valence-electron chi connectivity index (χ1n) is 12.5. The van der Waals surface area contributed by atoms with Gasteiger partial charge in [0, 0.05) is 36.0 Å². The summed E-state index contributed by atoms with van der Waals surface area (Å²) in [5.41, 5.74) is 4.82. The van der Waals surface area contributed by atoms with Gasteiger partial charge < -0.3 is 19.6 Å². The summed E-state index contributed by atoms with van der Waals surface area (Å²) in [4.78, 5) is 29.8. The van der Waals surface area contributed by atoms with Gasteiger partial charge in [-0.15, -0.1) is 0 Å². The fourth-order valence-electron chi connectivity index (χ4n) is 4.56. The Balaban J connectivity index is 1.31. The minimum atomic E-state index is -0.373. The van der Waals surface area contributed by atoms with Crippen molar-refractivity contribution in [1.29, 1.82) is 0 Å². The Labute approximate surface area is 218 Å². The van der Waals surface area contributed by atoms with Crippen molar-refractivity contribution >= 4 is 17.1 Å². The molecular weight excluding hydrogens is 484 g/mol. The summed E-state index contributed by atoms with van der Waals surface area (Å²) in [6.07, 6.45) is 6.94. The van der Waals surface area contributed by atoms with Gasteiger partial charge in [0.15, 0.2) is 5.65 Å². The van der Waals surface area contributed by atoms with Crippen molar-refractivity contribution < 1.29 is 14.1 Å². The maximum absolute atomic E-state index is 13.0. The molecule has 5 heterocycles. The zero-order valence-corrected chi connectivity index (χ0v) is 21.6. The van der Waals surface area contributed by atoms with E-state index in [-0.39, 0.29) is 23.2 Å². The van der Waals surface area contributed by atoms with Crippen LogP contribution in [-0.2, 0) is 12.5 Å². The third-order valence-electron chi connectivity index (χ3n) is 6.54. The Morgan fingerprint density at radius 3 is 2.82 bits per heavy atom. The van der Waals surface area contributed by atoms with Crippen LogP contribution in [0, 0.1) is 0 Å². The molecular formula is C27H28N8O3. The van der Waals surface area contributed by atoms with Crippen LogP contribution in [0.4, 0.5) is 0 Å². The van der Waals surface area contributed by atoms with Gasteiger partial charge in [0.2, 0.25) is 5.89 Å². The first kappa shape index (κ1) is 23.8. The maximum atomic E-state index is 13.0. The lowest BCUT2D eigenvalue weighted by Gasteiger charge is -2.18. The molecule has 0 bridgehead atoms. The number of amides is 1. The van der Waals surface area contributed by atoms with Crippen molar-refractivity contribution in [2.45, 2.75) is 45.1 Å². The van der Waals surface area contributed by atoms with Crippen LogP contribution < -0.4 is 10.1 Å². The first-order valence-corrected chi connectivity index (χ1v) is 12.5. The van der Waals surface area contributed by atoms with E-state index in [0.29, 0.717) is 24.0 Å². The van der Waals surface area contributed by atoms with Crippen molar-refractivity contribution in [3.05, 3.63) is 60.1 Å². The van der Waals surface area contributed by atoms with Crippen LogP contribution in [0.5, 0.6) is 5.75 Å². The molecule has 194 valence electrons. The smallest absolute Gasteiger partial charge is 0.293 e. The number of aromatic amines is 1. The highest BCUT2D eigenvalue weighted by Crippen LogP contribution is 2.37. The number of nitrogens with zero attached hydrogens (tertiary/aromatic N) is 6. The van der Waals surface area contributed by atoms with E-state index in [2.05, 4.69) is 35.5 Å². The number of aromatic nitrogens is 7. The molecule has 1 amide bonds. The van der Waals surface area contributed by atoms with Gasteiger partial charge in [-0.25, -0.2) is 9.97 Å². The number of nitrogens with one attached hydrogen (secondary N) is 2. The molecule has 1 aromatic carbocycles. The molecule has 0 aliphatic carbocycles. The molecule has 0 radical (unpaired) electrons. The second-order valence-electron chi connectivity index (χ2n) is 10.5. The number of hydrogen-bond donors (Lipinski definition) is 2. The fraction of sp³-hybridized carbons (Fsp3) is 0.333. The topological polar surface area (TPSA) is 137 Å². The molecule has 0 saturated carbocycles. The third kappa shape index (κ3) is 4.40. The summed E-state index contributed by atoms with van der Waals surface area (Å²) in [5.74, 6) is 1.51. The zero-order chi connectivity index (χ0) is 26.4. The maximum Gasteiger partial charge on any atom is 0.293 e. The highest BCUT2D eigenvalue weighted by Gasteiger charge is 2.27. The Hall–Kier alpha value is -4.54. The van der Waals surface area contributed by atoms with Crippen molar-refractivity contribution in [3.63, 3.8) is 0 Å². The normalized spacial score (nSPS) is 15.6. The quantitative estimate of drug-likeness (QED) is 0.363. The van der Waals surface area contributed by atoms with Gasteiger partial charge in [-0.1, -0.05) is 38.1 Å². The average molecular weight is 513 g/mol. The number of aryl methyl sites for hydroxylation is 1. The number of H-pyrrole nitrogens is 1. The number of imidazole rings is 1. The number of benzene rings is 1. The Kier molecular flexibility index (Phi) is 5.70. The summed E-state index contributed by atoms with van der Waals surface area (Å²) >= 11 is 0. The predicted molar refractivity (Wildman–Crippen MR) is 139 cm³/mol. The van der Waals surface area contributed by atoms with Gasteiger partial charge in [0.1, 0.15) is 11.6 Å². The number of rotatable bonds is 4. The monoisotopic (exact) mass is 512 g/mol. The molecule has 5 aromatic rings. The minimum absolute atomic E-state index is 0.0288. The lowest BCUT2D eigenvalue weighted by atomic mass is 9.97. The highest BCUT2D eigenvalue weighted by atomic mass is 16.5. The molecule has 1 aliphatic rings. The Morgan fingerprint density at radius 2 is 2.05 bits per heavy atom. The molecule has 1 atom stereocenters. The number of carbonyl (C=O) groups excluding carboxylic acids is 1. The predicted octanol–water partition coefficient (Wildman–Crippen LogP) is 4.35. The number of pyridine rings is 1. The molecule has 6 rings (SSSR count). The van der Waals surface area contributed by atoms with Crippen molar-refractivity contribution in [1.82, 2.24) is 40.2 Å². The lowest BCUT2D eigenvalue weighted by Crippen LogP contribution is -2.29. The second-order valence-corrected chi connectivity index (χ2v) is 10.5. The first-order chi connectivity index (χ1) is 18.3. The minimum Gasteiger partial charge on any atom is -0.493 e. The molecule has 0 unspecified atom stereocenters. The van der Waals surface area contributed by atoms with Gasteiger partial charge in [-0.3, -0.25) is 9.48 Å². The standard InChI is InChI=1S/C27H28N8O3/c1-27(2,3)26-33-24(34-38-26)25(36)30-19-6-5-11-37-20-12-15(7-8-18(19)20)17-9-10-28-23-21(17)31-22(32-23)16-13-29-35(4)14-16/h7-10,12-14,19H,5-6,11H2,1-4H3,(H,30,36)(H,28,31,32)/t19-/m1/s1. The van der Waals surface area contributed by atoms with E-state index in [4.69, 9.17) is 9.26 Å². The molecule has 0 saturated heterocycles.